The van der Waals surface area contributed by atoms with E-state index in [9.17, 15) is 0 Å². The predicted molar refractivity (Wildman–Crippen MR) is 145 cm³/mol. The molecular weight excluding hydrogens is 442 g/mol. The number of furan rings is 1. The van der Waals surface area contributed by atoms with Gasteiger partial charge in [-0.1, -0.05) is 103 Å². The number of aromatic nitrogens is 3. The molecule has 0 aliphatic carbocycles. The third-order valence-corrected chi connectivity index (χ3v) is 6.58. The highest BCUT2D eigenvalue weighted by atomic mass is 16.3. The van der Waals surface area contributed by atoms with Gasteiger partial charge in [0.2, 0.25) is 0 Å². The van der Waals surface area contributed by atoms with Crippen molar-refractivity contribution in [3.05, 3.63) is 121 Å². The molecule has 0 bridgehead atoms. The summed E-state index contributed by atoms with van der Waals surface area (Å²) in [6, 6.07) is 41.4. The monoisotopic (exact) mass is 463 g/mol. The predicted octanol–water partition coefficient (Wildman–Crippen LogP) is 8.37. The van der Waals surface area contributed by atoms with Crippen molar-refractivity contribution in [1.82, 2.24) is 15.2 Å². The molecule has 36 heavy (non-hydrogen) atoms. The van der Waals surface area contributed by atoms with E-state index in [1.807, 2.05) is 48.5 Å². The molecular formula is C32H21N3O. The van der Waals surface area contributed by atoms with E-state index < -0.39 is 0 Å². The minimum absolute atomic E-state index is 0.641. The normalized spacial score (nSPS) is 11.3. The number of hydrogen-bond donors (Lipinski definition) is 1. The number of benzene rings is 5. The van der Waals surface area contributed by atoms with Crippen LogP contribution in [0.2, 0.25) is 0 Å². The molecule has 0 saturated carbocycles. The van der Waals surface area contributed by atoms with Crippen LogP contribution in [-0.4, -0.2) is 15.2 Å². The van der Waals surface area contributed by atoms with Crippen molar-refractivity contribution in [3.8, 4) is 45.0 Å². The molecule has 0 radical (unpaired) electrons. The van der Waals surface area contributed by atoms with E-state index in [4.69, 9.17) is 9.40 Å². The molecule has 0 spiro atoms. The zero-order valence-corrected chi connectivity index (χ0v) is 19.3. The number of hydrogen-bond acceptors (Lipinski definition) is 3. The Labute approximate surface area is 207 Å². The number of rotatable bonds is 4. The number of H-pyrrole nitrogens is 1. The Kier molecular flexibility index (Phi) is 4.74. The van der Waals surface area contributed by atoms with Gasteiger partial charge in [-0.15, -0.1) is 0 Å². The van der Waals surface area contributed by atoms with Crippen LogP contribution in [0.5, 0.6) is 0 Å². The number of nitrogens with one attached hydrogen (secondary N) is 1. The van der Waals surface area contributed by atoms with Crippen LogP contribution in [0.3, 0.4) is 0 Å². The third kappa shape index (κ3) is 3.39. The molecule has 4 heteroatoms. The Morgan fingerprint density at radius 3 is 1.86 bits per heavy atom. The minimum Gasteiger partial charge on any atom is -0.455 e. The van der Waals surface area contributed by atoms with Gasteiger partial charge in [-0.25, -0.2) is 4.98 Å². The summed E-state index contributed by atoms with van der Waals surface area (Å²) in [5.74, 6) is 1.39. The molecule has 7 rings (SSSR count). The van der Waals surface area contributed by atoms with Gasteiger partial charge < -0.3 is 4.42 Å². The summed E-state index contributed by atoms with van der Waals surface area (Å²) >= 11 is 0. The second-order valence-electron chi connectivity index (χ2n) is 8.78. The lowest BCUT2D eigenvalue weighted by molar-refractivity contribution is 0.670. The van der Waals surface area contributed by atoms with Gasteiger partial charge in [0.05, 0.1) is 0 Å². The van der Waals surface area contributed by atoms with Crippen LogP contribution in [0.15, 0.2) is 126 Å². The highest BCUT2D eigenvalue weighted by Crippen LogP contribution is 2.42. The first-order valence-corrected chi connectivity index (χ1v) is 11.9. The summed E-state index contributed by atoms with van der Waals surface area (Å²) < 4.78 is 6.59. The molecule has 0 fully saturated rings. The van der Waals surface area contributed by atoms with Gasteiger partial charge in [0, 0.05) is 27.5 Å². The first kappa shape index (κ1) is 20.4. The Hall–Kier alpha value is -4.96. The van der Waals surface area contributed by atoms with E-state index in [2.05, 4.69) is 83.0 Å². The first-order chi connectivity index (χ1) is 17.8. The van der Waals surface area contributed by atoms with Gasteiger partial charge in [-0.3, -0.25) is 5.10 Å². The largest absolute Gasteiger partial charge is 0.455 e. The van der Waals surface area contributed by atoms with Gasteiger partial charge in [0.15, 0.2) is 11.6 Å². The molecule has 0 atom stereocenters. The lowest BCUT2D eigenvalue weighted by Gasteiger charge is -2.08. The smallest absolute Gasteiger partial charge is 0.181 e. The van der Waals surface area contributed by atoms with Crippen LogP contribution < -0.4 is 0 Å². The molecule has 2 aromatic heterocycles. The molecule has 0 amide bonds. The SMILES string of the molecule is c1ccc(-c2nc(-c3ccc4c(c3)oc3c(-c5ccccc5)ccc(-c5ccccc5)c34)n[nH]2)cc1. The van der Waals surface area contributed by atoms with Crippen molar-refractivity contribution in [2.24, 2.45) is 0 Å². The van der Waals surface area contributed by atoms with Gasteiger partial charge >= 0.3 is 0 Å². The Balaban J connectivity index is 1.43. The molecule has 7 aromatic rings. The van der Waals surface area contributed by atoms with Crippen LogP contribution in [-0.2, 0) is 0 Å². The highest BCUT2D eigenvalue weighted by Gasteiger charge is 2.18. The highest BCUT2D eigenvalue weighted by molar-refractivity contribution is 6.16. The van der Waals surface area contributed by atoms with Crippen LogP contribution >= 0.6 is 0 Å². The molecule has 5 aromatic carbocycles. The fourth-order valence-electron chi connectivity index (χ4n) is 4.84. The van der Waals surface area contributed by atoms with Gasteiger partial charge in [0.25, 0.3) is 0 Å². The summed E-state index contributed by atoms with van der Waals surface area (Å²) in [4.78, 5) is 4.73. The fraction of sp³-hybridized carbons (Fsp3) is 0. The summed E-state index contributed by atoms with van der Waals surface area (Å²) in [5.41, 5.74) is 8.12. The Bertz CT molecular complexity index is 1820. The Morgan fingerprint density at radius 1 is 0.556 bits per heavy atom. The number of fused-ring (bicyclic) bond motifs is 3. The van der Waals surface area contributed by atoms with E-state index >= 15 is 0 Å². The topological polar surface area (TPSA) is 54.7 Å². The fourth-order valence-corrected chi connectivity index (χ4v) is 4.84. The second-order valence-corrected chi connectivity index (χ2v) is 8.78. The van der Waals surface area contributed by atoms with Crippen molar-refractivity contribution >= 4 is 21.9 Å². The molecule has 0 aliphatic heterocycles. The molecule has 0 saturated heterocycles. The van der Waals surface area contributed by atoms with Crippen LogP contribution in [0, 0.1) is 0 Å². The van der Waals surface area contributed by atoms with Gasteiger partial charge in [-0.05, 0) is 34.9 Å². The molecule has 0 aliphatic rings. The quantitative estimate of drug-likeness (QED) is 0.285. The molecule has 170 valence electrons. The lowest BCUT2D eigenvalue weighted by Crippen LogP contribution is -1.84. The maximum absolute atomic E-state index is 6.59. The van der Waals surface area contributed by atoms with E-state index in [-0.39, 0.29) is 0 Å². The summed E-state index contributed by atoms with van der Waals surface area (Å²) in [6.45, 7) is 0. The average Bonchev–Trinajstić information content (AvgIpc) is 3.59. The van der Waals surface area contributed by atoms with Gasteiger partial charge in [0.1, 0.15) is 11.2 Å². The van der Waals surface area contributed by atoms with E-state index in [0.29, 0.717) is 5.82 Å². The zero-order valence-electron chi connectivity index (χ0n) is 19.3. The average molecular weight is 464 g/mol. The number of aromatic amines is 1. The summed E-state index contributed by atoms with van der Waals surface area (Å²) in [6.07, 6.45) is 0. The van der Waals surface area contributed by atoms with Crippen molar-refractivity contribution < 1.29 is 4.42 Å². The van der Waals surface area contributed by atoms with Crippen molar-refractivity contribution in [1.29, 1.82) is 0 Å². The van der Waals surface area contributed by atoms with Gasteiger partial charge in [-0.2, -0.15) is 5.10 Å². The standard InChI is InChI=1S/C32H21N3O/c1-4-10-21(11-5-1)25-18-19-26(22-12-6-2-7-13-22)30-29(25)27-17-16-24(20-28(27)36-30)32-33-31(34-35-32)23-14-8-3-9-15-23/h1-20H,(H,33,34,35). The van der Waals surface area contributed by atoms with E-state index in [0.717, 1.165) is 61.1 Å². The van der Waals surface area contributed by atoms with Crippen molar-refractivity contribution in [3.63, 3.8) is 0 Å². The Morgan fingerprint density at radius 2 is 1.17 bits per heavy atom. The summed E-state index contributed by atoms with van der Waals surface area (Å²) in [5, 5.41) is 9.73. The third-order valence-electron chi connectivity index (χ3n) is 6.58. The van der Waals surface area contributed by atoms with Crippen molar-refractivity contribution in [2.45, 2.75) is 0 Å². The zero-order chi connectivity index (χ0) is 23.9. The molecule has 0 unspecified atom stereocenters. The maximum atomic E-state index is 6.59. The summed E-state index contributed by atoms with van der Waals surface area (Å²) in [7, 11) is 0. The molecule has 1 N–H and O–H groups in total. The lowest BCUT2D eigenvalue weighted by atomic mass is 9.94. The first-order valence-electron chi connectivity index (χ1n) is 11.9. The van der Waals surface area contributed by atoms with Crippen LogP contribution in [0.4, 0.5) is 0 Å². The number of nitrogens with zero attached hydrogens (tertiary/aromatic N) is 2. The minimum atomic E-state index is 0.641. The maximum Gasteiger partial charge on any atom is 0.181 e. The van der Waals surface area contributed by atoms with Crippen molar-refractivity contribution in [2.75, 3.05) is 0 Å². The van der Waals surface area contributed by atoms with Crippen LogP contribution in [0.1, 0.15) is 0 Å². The van der Waals surface area contributed by atoms with Crippen LogP contribution in [0.25, 0.3) is 67.0 Å². The molecule has 4 nitrogen and oxygen atoms in total. The molecule has 2 heterocycles. The van der Waals surface area contributed by atoms with E-state index in [1.54, 1.807) is 0 Å². The van der Waals surface area contributed by atoms with E-state index in [1.165, 1.54) is 0 Å². The second kappa shape index (κ2) is 8.36.